The van der Waals surface area contributed by atoms with Crippen molar-refractivity contribution in [1.29, 1.82) is 0 Å². The first-order valence-electron chi connectivity index (χ1n) is 11.6. The normalized spacial score (nSPS) is 15.8. The summed E-state index contributed by atoms with van der Waals surface area (Å²) in [5.41, 5.74) is 10.1. The summed E-state index contributed by atoms with van der Waals surface area (Å²) in [5, 5.41) is 3.04. The highest BCUT2D eigenvalue weighted by molar-refractivity contribution is 5.96. The van der Waals surface area contributed by atoms with Gasteiger partial charge in [0, 0.05) is 48.8 Å². The van der Waals surface area contributed by atoms with Crippen LogP contribution in [0.25, 0.3) is 33.5 Å². The third-order valence-corrected chi connectivity index (χ3v) is 6.13. The molecule has 0 unspecified atom stereocenters. The monoisotopic (exact) mass is 468 g/mol. The molecule has 3 aromatic heterocycles. The molecule has 1 aliphatic heterocycles. The molecule has 1 saturated carbocycles. The molecule has 10 heteroatoms. The topological polar surface area (TPSA) is 132 Å². The number of aromatic nitrogens is 5. The number of carbonyl (C=O) groups is 1. The summed E-state index contributed by atoms with van der Waals surface area (Å²) in [6.07, 6.45) is 7.14. The van der Waals surface area contributed by atoms with Crippen LogP contribution in [-0.2, 0) is 4.74 Å². The minimum absolute atomic E-state index is 0.0503. The Morgan fingerprint density at radius 2 is 1.74 bits per heavy atom. The van der Waals surface area contributed by atoms with Crippen LogP contribution in [0.2, 0.25) is 0 Å². The molecule has 1 amide bonds. The molecule has 4 aromatic rings. The number of hydrogen-bond acceptors (Lipinski definition) is 9. The quantitative estimate of drug-likeness (QED) is 0.453. The van der Waals surface area contributed by atoms with Crippen molar-refractivity contribution in [3.63, 3.8) is 0 Å². The Kier molecular flexibility index (Phi) is 5.42. The molecule has 0 spiro atoms. The summed E-state index contributed by atoms with van der Waals surface area (Å²) in [7, 11) is 0. The van der Waals surface area contributed by atoms with E-state index in [4.69, 9.17) is 25.4 Å². The smallest absolute Gasteiger partial charge is 0.251 e. The van der Waals surface area contributed by atoms with Gasteiger partial charge in [0.2, 0.25) is 5.95 Å². The Morgan fingerprint density at radius 3 is 2.51 bits per heavy atom. The number of carbonyl (C=O) groups excluding carboxylic acids is 1. The predicted molar refractivity (Wildman–Crippen MR) is 132 cm³/mol. The van der Waals surface area contributed by atoms with E-state index >= 15 is 0 Å². The lowest BCUT2D eigenvalue weighted by Crippen LogP contribution is -2.37. The van der Waals surface area contributed by atoms with Crippen LogP contribution >= 0.6 is 0 Å². The van der Waals surface area contributed by atoms with Gasteiger partial charge in [-0.3, -0.25) is 9.78 Å². The Bertz CT molecular complexity index is 1400. The van der Waals surface area contributed by atoms with Crippen molar-refractivity contribution >= 4 is 28.7 Å². The van der Waals surface area contributed by atoms with Crippen molar-refractivity contribution < 1.29 is 9.53 Å². The van der Waals surface area contributed by atoms with E-state index in [1.54, 1.807) is 18.6 Å². The number of nitrogens with one attached hydrogen (secondary N) is 1. The fourth-order valence-electron chi connectivity index (χ4n) is 4.08. The van der Waals surface area contributed by atoms with Gasteiger partial charge in [0.25, 0.3) is 5.91 Å². The Hall–Kier alpha value is -4.18. The lowest BCUT2D eigenvalue weighted by atomic mass is 10.0. The van der Waals surface area contributed by atoms with Crippen molar-refractivity contribution in [2.75, 3.05) is 36.9 Å². The minimum Gasteiger partial charge on any atom is -0.378 e. The van der Waals surface area contributed by atoms with E-state index in [1.807, 2.05) is 30.3 Å². The number of ether oxygens (including phenoxy) is 1. The second kappa shape index (κ2) is 8.88. The molecule has 1 saturated heterocycles. The molecular weight excluding hydrogens is 444 g/mol. The average molecular weight is 469 g/mol. The van der Waals surface area contributed by atoms with E-state index in [0.29, 0.717) is 60.3 Å². The molecule has 3 N–H and O–H groups in total. The highest BCUT2D eigenvalue weighted by Gasteiger charge is 2.24. The predicted octanol–water partition coefficient (Wildman–Crippen LogP) is 2.46. The van der Waals surface area contributed by atoms with E-state index in [1.165, 1.54) is 0 Å². The molecule has 35 heavy (non-hydrogen) atoms. The van der Waals surface area contributed by atoms with E-state index < -0.39 is 0 Å². The number of benzene rings is 1. The van der Waals surface area contributed by atoms with E-state index in [-0.39, 0.29) is 11.9 Å². The second-order valence-corrected chi connectivity index (χ2v) is 8.72. The summed E-state index contributed by atoms with van der Waals surface area (Å²) < 4.78 is 5.52. The molecule has 1 aromatic carbocycles. The number of nitrogens with zero attached hydrogens (tertiary/aromatic N) is 6. The molecule has 4 heterocycles. The fourth-order valence-corrected chi connectivity index (χ4v) is 4.08. The molecule has 176 valence electrons. The van der Waals surface area contributed by atoms with Gasteiger partial charge in [-0.1, -0.05) is 12.1 Å². The van der Waals surface area contributed by atoms with E-state index in [9.17, 15) is 4.79 Å². The van der Waals surface area contributed by atoms with Crippen LogP contribution < -0.4 is 16.0 Å². The number of fused-ring (bicyclic) bond motifs is 1. The highest BCUT2D eigenvalue weighted by Crippen LogP contribution is 2.30. The van der Waals surface area contributed by atoms with Gasteiger partial charge in [0.1, 0.15) is 5.52 Å². The van der Waals surface area contributed by atoms with Crippen LogP contribution in [0, 0.1) is 0 Å². The van der Waals surface area contributed by atoms with Gasteiger partial charge in [0.05, 0.1) is 24.3 Å². The van der Waals surface area contributed by atoms with E-state index in [2.05, 4.69) is 20.2 Å². The molecule has 6 rings (SSSR count). The number of rotatable bonds is 5. The first-order valence-corrected chi connectivity index (χ1v) is 11.6. The first kappa shape index (κ1) is 21.4. The Balaban J connectivity index is 1.43. The van der Waals surface area contributed by atoms with Gasteiger partial charge in [0.15, 0.2) is 11.6 Å². The zero-order valence-corrected chi connectivity index (χ0v) is 19.0. The number of amides is 1. The summed E-state index contributed by atoms with van der Waals surface area (Å²) in [6.45, 7) is 2.68. The lowest BCUT2D eigenvalue weighted by Gasteiger charge is -2.28. The van der Waals surface area contributed by atoms with Gasteiger partial charge >= 0.3 is 0 Å². The first-order chi connectivity index (χ1) is 17.1. The number of nitrogen functional groups attached to an aromatic ring is 1. The fraction of sp³-hybridized carbons (Fsp3) is 0.280. The second-order valence-electron chi connectivity index (χ2n) is 8.72. The number of nitrogens with two attached hydrogens (primary N) is 1. The van der Waals surface area contributed by atoms with E-state index in [0.717, 1.165) is 29.8 Å². The van der Waals surface area contributed by atoms with Gasteiger partial charge in [-0.15, -0.1) is 0 Å². The average Bonchev–Trinajstić information content (AvgIpc) is 3.73. The molecule has 0 atom stereocenters. The van der Waals surface area contributed by atoms with Crippen LogP contribution in [0.4, 0.5) is 11.8 Å². The maximum atomic E-state index is 12.6. The SMILES string of the molecule is Nc1ncc(-c2nc(N3CCOCC3)c3ncc(-c4cccc(C(=O)NC5CC5)c4)cc3n2)cn1. The Labute approximate surface area is 201 Å². The van der Waals surface area contributed by atoms with Crippen LogP contribution in [0.3, 0.4) is 0 Å². The highest BCUT2D eigenvalue weighted by atomic mass is 16.5. The number of pyridine rings is 1. The number of morpholine rings is 1. The van der Waals surface area contributed by atoms with Crippen LogP contribution in [0.1, 0.15) is 23.2 Å². The number of hydrogen-bond donors (Lipinski definition) is 2. The largest absolute Gasteiger partial charge is 0.378 e. The lowest BCUT2D eigenvalue weighted by molar-refractivity contribution is 0.0951. The van der Waals surface area contributed by atoms with Crippen molar-refractivity contribution in [3.8, 4) is 22.5 Å². The van der Waals surface area contributed by atoms with Crippen LogP contribution in [0.5, 0.6) is 0 Å². The minimum atomic E-state index is -0.0503. The molecule has 10 nitrogen and oxygen atoms in total. The van der Waals surface area contributed by atoms with Crippen LogP contribution in [-0.4, -0.2) is 63.2 Å². The zero-order chi connectivity index (χ0) is 23.8. The standard InChI is InChI=1S/C25H24N8O2/c26-25-28-13-18(14-29-25)22-31-20-11-17(12-27-21(20)23(32-22)33-6-8-35-9-7-33)15-2-1-3-16(10-15)24(34)30-19-4-5-19/h1-3,10-14,19H,4-9H2,(H,30,34)(H2,26,28,29). The molecule has 2 fully saturated rings. The molecule has 2 aliphatic rings. The Morgan fingerprint density at radius 1 is 0.971 bits per heavy atom. The van der Waals surface area contributed by atoms with Gasteiger partial charge in [-0.05, 0) is 36.6 Å². The van der Waals surface area contributed by atoms with Gasteiger partial charge in [-0.25, -0.2) is 19.9 Å². The number of anilines is 2. The van der Waals surface area contributed by atoms with Crippen LogP contribution in [0.15, 0.2) is 48.9 Å². The van der Waals surface area contributed by atoms with Gasteiger partial charge in [-0.2, -0.15) is 0 Å². The van der Waals surface area contributed by atoms with Gasteiger partial charge < -0.3 is 20.7 Å². The third kappa shape index (κ3) is 4.47. The summed E-state index contributed by atoms with van der Waals surface area (Å²) in [6, 6.07) is 9.85. The maximum absolute atomic E-state index is 12.6. The summed E-state index contributed by atoms with van der Waals surface area (Å²) >= 11 is 0. The maximum Gasteiger partial charge on any atom is 0.251 e. The molecule has 1 aliphatic carbocycles. The molecule has 0 bridgehead atoms. The molecule has 0 radical (unpaired) electrons. The van der Waals surface area contributed by atoms with Crippen molar-refractivity contribution in [2.24, 2.45) is 0 Å². The van der Waals surface area contributed by atoms with Crippen molar-refractivity contribution in [3.05, 3.63) is 54.5 Å². The summed E-state index contributed by atoms with van der Waals surface area (Å²) in [5.74, 6) is 1.38. The van der Waals surface area contributed by atoms with Crippen molar-refractivity contribution in [2.45, 2.75) is 18.9 Å². The summed E-state index contributed by atoms with van der Waals surface area (Å²) in [4.78, 5) is 37.3. The van der Waals surface area contributed by atoms with Crippen molar-refractivity contribution in [1.82, 2.24) is 30.2 Å². The zero-order valence-electron chi connectivity index (χ0n) is 19.0. The molecular formula is C25H24N8O2. The third-order valence-electron chi connectivity index (χ3n) is 6.13.